The number of aryl methyl sites for hydroxylation is 1. The van der Waals surface area contributed by atoms with E-state index in [1.54, 1.807) is 6.07 Å². The second-order valence-corrected chi connectivity index (χ2v) is 3.53. The number of oxazole rings is 1. The van der Waals surface area contributed by atoms with Crippen LogP contribution in [-0.2, 0) is 5.88 Å². The third-order valence-electron chi connectivity index (χ3n) is 2.04. The third kappa shape index (κ3) is 2.02. The van der Waals surface area contributed by atoms with Crippen molar-refractivity contribution in [3.05, 3.63) is 41.5 Å². The molecule has 0 N–H and O–H groups in total. The van der Waals surface area contributed by atoms with Crippen LogP contribution in [0.3, 0.4) is 0 Å². The van der Waals surface area contributed by atoms with E-state index in [-0.39, 0.29) is 17.6 Å². The summed E-state index contributed by atoms with van der Waals surface area (Å²) >= 11 is 5.58. The molecule has 2 rings (SSSR count). The predicted molar refractivity (Wildman–Crippen MR) is 56.2 cm³/mol. The Morgan fingerprint density at radius 3 is 2.87 bits per heavy atom. The topological polar surface area (TPSA) is 26.0 Å². The summed E-state index contributed by atoms with van der Waals surface area (Å²) < 4.78 is 18.6. The van der Waals surface area contributed by atoms with Crippen LogP contribution in [0.2, 0.25) is 0 Å². The van der Waals surface area contributed by atoms with Crippen LogP contribution in [-0.4, -0.2) is 4.98 Å². The highest BCUT2D eigenvalue weighted by Gasteiger charge is 2.10. The Hall–Kier alpha value is -1.35. The lowest BCUT2D eigenvalue weighted by molar-refractivity contribution is 0.561. The van der Waals surface area contributed by atoms with Gasteiger partial charge in [-0.05, 0) is 24.6 Å². The van der Waals surface area contributed by atoms with Gasteiger partial charge in [0.15, 0.2) is 0 Å². The van der Waals surface area contributed by atoms with E-state index in [2.05, 4.69) is 4.98 Å². The van der Waals surface area contributed by atoms with E-state index in [9.17, 15) is 4.39 Å². The van der Waals surface area contributed by atoms with Gasteiger partial charge < -0.3 is 4.42 Å². The first kappa shape index (κ1) is 10.2. The number of hydrogen-bond donors (Lipinski definition) is 0. The molecular formula is C11H9ClFNO. The van der Waals surface area contributed by atoms with Gasteiger partial charge in [0.1, 0.15) is 12.1 Å². The molecule has 0 spiro atoms. The maximum absolute atomic E-state index is 13.5. The van der Waals surface area contributed by atoms with Gasteiger partial charge in [-0.1, -0.05) is 6.07 Å². The third-order valence-corrected chi connectivity index (χ3v) is 2.32. The van der Waals surface area contributed by atoms with Crippen molar-refractivity contribution >= 4 is 11.6 Å². The van der Waals surface area contributed by atoms with Gasteiger partial charge in [0.2, 0.25) is 5.89 Å². The monoisotopic (exact) mass is 225 g/mol. The summed E-state index contributed by atoms with van der Waals surface area (Å²) in [6, 6.07) is 4.90. The number of benzene rings is 1. The lowest BCUT2D eigenvalue weighted by Crippen LogP contribution is -1.86. The lowest BCUT2D eigenvalue weighted by atomic mass is 10.1. The Kier molecular flexibility index (Phi) is 2.73. The van der Waals surface area contributed by atoms with E-state index in [0.29, 0.717) is 11.3 Å². The van der Waals surface area contributed by atoms with Crippen molar-refractivity contribution in [2.24, 2.45) is 0 Å². The van der Waals surface area contributed by atoms with Crippen LogP contribution in [0.4, 0.5) is 4.39 Å². The molecule has 15 heavy (non-hydrogen) atoms. The highest BCUT2D eigenvalue weighted by atomic mass is 35.5. The fraction of sp³-hybridized carbons (Fsp3) is 0.182. The minimum absolute atomic E-state index is 0.261. The van der Waals surface area contributed by atoms with E-state index >= 15 is 0 Å². The quantitative estimate of drug-likeness (QED) is 0.731. The normalized spacial score (nSPS) is 10.6. The van der Waals surface area contributed by atoms with E-state index in [4.69, 9.17) is 16.0 Å². The molecule has 0 unspecified atom stereocenters. The molecule has 0 radical (unpaired) electrons. The zero-order valence-electron chi connectivity index (χ0n) is 8.13. The molecule has 0 atom stereocenters. The zero-order valence-corrected chi connectivity index (χ0v) is 8.88. The van der Waals surface area contributed by atoms with Crippen LogP contribution in [0.15, 0.2) is 28.9 Å². The maximum Gasteiger partial charge on any atom is 0.229 e. The summed E-state index contributed by atoms with van der Waals surface area (Å²) in [4.78, 5) is 4.05. The highest BCUT2D eigenvalue weighted by Crippen LogP contribution is 2.23. The molecule has 0 aliphatic rings. The Balaban J connectivity index is 2.44. The molecule has 0 saturated carbocycles. The van der Waals surface area contributed by atoms with E-state index < -0.39 is 0 Å². The van der Waals surface area contributed by atoms with Crippen LogP contribution in [0.25, 0.3) is 11.5 Å². The van der Waals surface area contributed by atoms with Gasteiger partial charge in [0.25, 0.3) is 0 Å². The highest BCUT2D eigenvalue weighted by molar-refractivity contribution is 6.16. The number of rotatable bonds is 2. The van der Waals surface area contributed by atoms with Crippen molar-refractivity contribution in [2.75, 3.05) is 0 Å². The van der Waals surface area contributed by atoms with Gasteiger partial charge in [-0.2, -0.15) is 0 Å². The molecule has 0 aliphatic heterocycles. The minimum Gasteiger partial charge on any atom is -0.444 e. The zero-order chi connectivity index (χ0) is 10.8. The molecule has 1 aromatic carbocycles. The molecule has 0 amide bonds. The number of aromatic nitrogens is 1. The van der Waals surface area contributed by atoms with Gasteiger partial charge in [0.05, 0.1) is 17.1 Å². The SMILES string of the molecule is Cc1ccc(-c2nc(CCl)co2)c(F)c1. The number of hydrogen-bond acceptors (Lipinski definition) is 2. The van der Waals surface area contributed by atoms with Gasteiger partial charge in [-0.15, -0.1) is 11.6 Å². The smallest absolute Gasteiger partial charge is 0.229 e. The van der Waals surface area contributed by atoms with Gasteiger partial charge >= 0.3 is 0 Å². The summed E-state index contributed by atoms with van der Waals surface area (Å²) in [5.74, 6) is 0.192. The first-order chi connectivity index (χ1) is 7.20. The predicted octanol–water partition coefficient (Wildman–Crippen LogP) is 3.53. The van der Waals surface area contributed by atoms with Crippen molar-refractivity contribution in [3.8, 4) is 11.5 Å². The molecule has 1 heterocycles. The molecule has 0 saturated heterocycles. The van der Waals surface area contributed by atoms with Crippen LogP contribution >= 0.6 is 11.6 Å². The van der Waals surface area contributed by atoms with Crippen molar-refractivity contribution in [3.63, 3.8) is 0 Å². The number of alkyl halides is 1. The van der Waals surface area contributed by atoms with E-state index in [0.717, 1.165) is 5.56 Å². The number of nitrogens with zero attached hydrogens (tertiary/aromatic N) is 1. The first-order valence-corrected chi connectivity index (χ1v) is 5.01. The van der Waals surface area contributed by atoms with E-state index in [1.807, 2.05) is 13.0 Å². The molecule has 4 heteroatoms. The largest absolute Gasteiger partial charge is 0.444 e. The fourth-order valence-electron chi connectivity index (χ4n) is 1.29. The Bertz CT molecular complexity index is 481. The first-order valence-electron chi connectivity index (χ1n) is 4.47. The average Bonchev–Trinajstić information content (AvgIpc) is 2.66. The van der Waals surface area contributed by atoms with Crippen LogP contribution < -0.4 is 0 Å². The molecule has 78 valence electrons. The van der Waals surface area contributed by atoms with Gasteiger partial charge in [-0.3, -0.25) is 0 Å². The van der Waals surface area contributed by atoms with E-state index in [1.165, 1.54) is 12.3 Å². The summed E-state index contributed by atoms with van der Waals surface area (Å²) in [5, 5.41) is 0. The van der Waals surface area contributed by atoms with Crippen molar-refractivity contribution < 1.29 is 8.81 Å². The second kappa shape index (κ2) is 4.03. The minimum atomic E-state index is -0.335. The van der Waals surface area contributed by atoms with Crippen molar-refractivity contribution in [2.45, 2.75) is 12.8 Å². The fourth-order valence-corrected chi connectivity index (χ4v) is 1.41. The molecule has 1 aromatic heterocycles. The van der Waals surface area contributed by atoms with Crippen molar-refractivity contribution in [1.82, 2.24) is 4.98 Å². The van der Waals surface area contributed by atoms with Gasteiger partial charge in [-0.25, -0.2) is 9.37 Å². The molecular weight excluding hydrogens is 217 g/mol. The lowest BCUT2D eigenvalue weighted by Gasteiger charge is -1.98. The molecule has 0 aliphatic carbocycles. The second-order valence-electron chi connectivity index (χ2n) is 3.26. The Morgan fingerprint density at radius 2 is 2.27 bits per heavy atom. The average molecular weight is 226 g/mol. The number of halogens is 2. The molecule has 0 fully saturated rings. The molecule has 2 nitrogen and oxygen atoms in total. The summed E-state index contributed by atoms with van der Waals surface area (Å²) in [5.41, 5.74) is 1.82. The molecule has 2 aromatic rings. The summed E-state index contributed by atoms with van der Waals surface area (Å²) in [6.45, 7) is 1.83. The maximum atomic E-state index is 13.5. The van der Waals surface area contributed by atoms with Crippen LogP contribution in [0.5, 0.6) is 0 Å². The Morgan fingerprint density at radius 1 is 1.47 bits per heavy atom. The standard InChI is InChI=1S/C11H9ClFNO/c1-7-2-3-9(10(13)4-7)11-14-8(5-12)6-15-11/h2-4,6H,5H2,1H3. The molecule has 0 bridgehead atoms. The van der Waals surface area contributed by atoms with Crippen LogP contribution in [0, 0.1) is 12.7 Å². The van der Waals surface area contributed by atoms with Crippen LogP contribution in [0.1, 0.15) is 11.3 Å². The summed E-state index contributed by atoms with van der Waals surface area (Å²) in [6.07, 6.45) is 1.43. The van der Waals surface area contributed by atoms with Gasteiger partial charge in [0, 0.05) is 0 Å². The summed E-state index contributed by atoms with van der Waals surface area (Å²) in [7, 11) is 0. The Labute approximate surface area is 91.7 Å². The van der Waals surface area contributed by atoms with Crippen molar-refractivity contribution in [1.29, 1.82) is 0 Å².